The average Bonchev–Trinajstić information content (AvgIpc) is 3.92. The van der Waals surface area contributed by atoms with E-state index in [0.29, 0.717) is 38.6 Å². The van der Waals surface area contributed by atoms with E-state index in [1.807, 2.05) is 54.9 Å². The molecule has 3 aliphatic rings. The molecule has 2 aromatic carbocycles. The monoisotopic (exact) mass is 826 g/mol. The Kier molecular flexibility index (Phi) is 10.2. The molecular formula is C39H38Cl4N6O6. The average molecular weight is 829 g/mol. The lowest BCUT2D eigenvalue weighted by molar-refractivity contribution is -0.209. The van der Waals surface area contributed by atoms with Crippen LogP contribution in [0.25, 0.3) is 22.1 Å². The number of halogens is 4. The third kappa shape index (κ3) is 7.12. The molecule has 3 fully saturated rings. The van der Waals surface area contributed by atoms with Crippen molar-refractivity contribution < 1.29 is 29.2 Å². The molecular weight excluding hydrogens is 790 g/mol. The van der Waals surface area contributed by atoms with Crippen LogP contribution < -0.4 is 0 Å². The zero-order valence-electron chi connectivity index (χ0n) is 30.2. The highest BCUT2D eigenvalue weighted by Crippen LogP contribution is 2.51. The first-order valence-corrected chi connectivity index (χ1v) is 19.2. The third-order valence-corrected chi connectivity index (χ3v) is 12.1. The molecule has 4 aromatic heterocycles. The first kappa shape index (κ1) is 38.5. The van der Waals surface area contributed by atoms with E-state index in [0.717, 1.165) is 27.5 Å². The van der Waals surface area contributed by atoms with Gasteiger partial charge in [0.05, 0.1) is 32.3 Å². The van der Waals surface area contributed by atoms with Crippen molar-refractivity contribution in [3.05, 3.63) is 117 Å². The Balaban J connectivity index is 0.000000156. The fraction of sp³-hybridized carbons (Fsp3) is 0.385. The van der Waals surface area contributed by atoms with Gasteiger partial charge < -0.3 is 38.3 Å². The number of nitrogens with zero attached hydrogens (tertiary/aromatic N) is 6. The molecule has 0 amide bonds. The molecule has 288 valence electrons. The van der Waals surface area contributed by atoms with Gasteiger partial charge >= 0.3 is 0 Å². The Hall–Kier alpha value is -3.40. The smallest absolute Gasteiger partial charge is 0.165 e. The number of hydrogen-bond acceptors (Lipinski definition) is 10. The van der Waals surface area contributed by atoms with Gasteiger partial charge in [0.15, 0.2) is 18.2 Å². The molecule has 0 radical (unpaired) electrons. The summed E-state index contributed by atoms with van der Waals surface area (Å²) in [6, 6.07) is 14.7. The van der Waals surface area contributed by atoms with Crippen LogP contribution in [0.15, 0.2) is 86.0 Å². The Morgan fingerprint density at radius 3 is 1.75 bits per heavy atom. The summed E-state index contributed by atoms with van der Waals surface area (Å²) in [5.41, 5.74) is 1.24. The number of aliphatic hydroxyl groups is 2. The summed E-state index contributed by atoms with van der Waals surface area (Å²) >= 11 is 24.3. The maximum atomic E-state index is 10.9. The van der Waals surface area contributed by atoms with Gasteiger partial charge in [-0.2, -0.15) is 0 Å². The van der Waals surface area contributed by atoms with Gasteiger partial charge in [0, 0.05) is 48.4 Å². The highest BCUT2D eigenvalue weighted by molar-refractivity contribution is 6.42. The topological polar surface area (TPSA) is 139 Å². The molecule has 7 heterocycles. The number of hydrogen-bond donors (Lipinski definition) is 2. The zero-order chi connectivity index (χ0) is 38.9. The molecule has 8 atom stereocenters. The van der Waals surface area contributed by atoms with Crippen molar-refractivity contribution >= 4 is 68.5 Å². The zero-order valence-corrected chi connectivity index (χ0v) is 33.2. The maximum Gasteiger partial charge on any atom is 0.165 e. The van der Waals surface area contributed by atoms with Crippen molar-refractivity contribution in [2.75, 3.05) is 0 Å². The number of aliphatic hydroxyl groups excluding tert-OH is 1. The molecule has 0 bridgehead atoms. The van der Waals surface area contributed by atoms with E-state index >= 15 is 0 Å². The molecule has 0 spiro atoms. The maximum absolute atomic E-state index is 10.9. The normalized spacial score (nSPS) is 29.8. The van der Waals surface area contributed by atoms with Crippen LogP contribution in [0.3, 0.4) is 0 Å². The van der Waals surface area contributed by atoms with E-state index in [1.165, 1.54) is 12.7 Å². The molecule has 0 unspecified atom stereocenters. The second kappa shape index (κ2) is 14.5. The van der Waals surface area contributed by atoms with Gasteiger partial charge in [0.25, 0.3) is 0 Å². The van der Waals surface area contributed by atoms with Crippen molar-refractivity contribution in [1.82, 2.24) is 29.1 Å². The van der Waals surface area contributed by atoms with E-state index in [1.54, 1.807) is 48.3 Å². The van der Waals surface area contributed by atoms with Crippen LogP contribution >= 0.6 is 46.4 Å². The molecule has 3 saturated heterocycles. The molecule has 2 N–H and O–H groups in total. The Morgan fingerprint density at radius 1 is 0.691 bits per heavy atom. The summed E-state index contributed by atoms with van der Waals surface area (Å²) in [5, 5.41) is 25.3. The van der Waals surface area contributed by atoms with Crippen molar-refractivity contribution in [2.45, 2.75) is 94.4 Å². The van der Waals surface area contributed by atoms with Crippen molar-refractivity contribution in [2.24, 2.45) is 0 Å². The number of aromatic nitrogens is 6. The van der Waals surface area contributed by atoms with E-state index in [4.69, 9.17) is 65.4 Å². The molecule has 3 aliphatic heterocycles. The number of rotatable bonds is 6. The van der Waals surface area contributed by atoms with E-state index in [2.05, 4.69) is 26.9 Å². The third-order valence-electron chi connectivity index (χ3n) is 10.6. The van der Waals surface area contributed by atoms with Crippen LogP contribution in [0, 0.1) is 0 Å². The Bertz CT molecular complexity index is 2370. The van der Waals surface area contributed by atoms with E-state index in [-0.39, 0.29) is 18.4 Å². The first-order valence-electron chi connectivity index (χ1n) is 17.6. The Labute approximate surface area is 336 Å². The minimum Gasteiger partial charge on any atom is -0.385 e. The summed E-state index contributed by atoms with van der Waals surface area (Å²) < 4.78 is 29.0. The number of benzene rings is 2. The van der Waals surface area contributed by atoms with Gasteiger partial charge in [-0.05, 0) is 75.2 Å². The van der Waals surface area contributed by atoms with Crippen molar-refractivity contribution in [3.63, 3.8) is 0 Å². The summed E-state index contributed by atoms with van der Waals surface area (Å²) in [6.45, 7) is 7.48. The molecule has 6 aromatic rings. The van der Waals surface area contributed by atoms with Crippen LogP contribution in [0.4, 0.5) is 0 Å². The summed E-state index contributed by atoms with van der Waals surface area (Å²) in [4.78, 5) is 16.8. The second-order valence-corrected chi connectivity index (χ2v) is 16.5. The largest absolute Gasteiger partial charge is 0.385 e. The quantitative estimate of drug-likeness (QED) is 0.171. The van der Waals surface area contributed by atoms with Gasteiger partial charge in [-0.15, -0.1) is 0 Å². The van der Waals surface area contributed by atoms with Crippen LogP contribution in [0.1, 0.15) is 51.3 Å². The van der Waals surface area contributed by atoms with Crippen molar-refractivity contribution in [3.8, 4) is 0 Å². The number of fused-ring (bicyclic) bond motifs is 3. The minimum absolute atomic E-state index is 0.240. The van der Waals surface area contributed by atoms with Crippen LogP contribution in [-0.2, 0) is 31.8 Å². The van der Waals surface area contributed by atoms with Gasteiger partial charge in [0.2, 0.25) is 0 Å². The summed E-state index contributed by atoms with van der Waals surface area (Å²) in [5.74, 6) is -0.713. The minimum atomic E-state index is -1.44. The van der Waals surface area contributed by atoms with Crippen molar-refractivity contribution in [1.29, 1.82) is 0 Å². The summed E-state index contributed by atoms with van der Waals surface area (Å²) in [6.07, 6.45) is 7.76. The van der Waals surface area contributed by atoms with Gasteiger partial charge in [-0.1, -0.05) is 58.5 Å². The second-order valence-electron chi connectivity index (χ2n) is 14.9. The van der Waals surface area contributed by atoms with E-state index < -0.39 is 35.4 Å². The SMILES string of the molecule is CC1(C)O[C@H]2[C@H](n3ccc4cncnc43)O[C@H](Cc3ccc(Cl)c(Cl)c3)[C@@]2(C)O1.C[C@@]1(O)[C@@H](Cc2ccc(Cl)c(Cl)c2)O[C@@H](n2ccc3cncnc32)[C@@H]1O. The molecule has 0 aliphatic carbocycles. The molecule has 0 saturated carbocycles. The number of ether oxygens (including phenoxy) is 4. The fourth-order valence-corrected chi connectivity index (χ4v) is 8.40. The fourth-order valence-electron chi connectivity index (χ4n) is 7.76. The van der Waals surface area contributed by atoms with E-state index in [9.17, 15) is 10.2 Å². The van der Waals surface area contributed by atoms with Gasteiger partial charge in [-0.3, -0.25) is 0 Å². The van der Waals surface area contributed by atoms with Crippen LogP contribution in [0.5, 0.6) is 0 Å². The Morgan fingerprint density at radius 2 is 1.20 bits per heavy atom. The molecule has 16 heteroatoms. The van der Waals surface area contributed by atoms with Crippen LogP contribution in [-0.4, -0.2) is 80.7 Å². The standard InChI is InChI=1S/C21H21Cl2N3O3.C18H17Cl2N3O3/c1-20(2)28-17-19(26-7-6-13-10-24-11-25-18(13)26)27-16(21(17,3)29-20)9-12-4-5-14(22)15(23)8-12;1-18(25)14(7-10-2-3-12(19)13(20)6-10)26-17(15(18)24)23-5-4-11-8-21-9-22-16(11)23/h4-8,10-11,16-17,19H,9H2,1-3H3;2-6,8-9,14-15,17,24-25H,7H2,1H3/t16-,17+,19-,21-;14-,15+,17-,18-/m11/s1. The molecule has 9 rings (SSSR count). The van der Waals surface area contributed by atoms with Crippen LogP contribution in [0.2, 0.25) is 20.1 Å². The molecule has 12 nitrogen and oxygen atoms in total. The lowest BCUT2D eigenvalue weighted by Crippen LogP contribution is -2.45. The highest BCUT2D eigenvalue weighted by atomic mass is 35.5. The van der Waals surface area contributed by atoms with Gasteiger partial charge in [0.1, 0.15) is 47.4 Å². The predicted molar refractivity (Wildman–Crippen MR) is 208 cm³/mol. The summed E-state index contributed by atoms with van der Waals surface area (Å²) in [7, 11) is 0. The molecule has 55 heavy (non-hydrogen) atoms. The lowest BCUT2D eigenvalue weighted by Gasteiger charge is -2.29. The predicted octanol–water partition coefficient (Wildman–Crippen LogP) is 7.78. The first-order chi connectivity index (χ1) is 26.1. The van der Waals surface area contributed by atoms with Gasteiger partial charge in [-0.25, -0.2) is 19.9 Å². The highest BCUT2D eigenvalue weighted by Gasteiger charge is 2.64. The lowest BCUT2D eigenvalue weighted by atomic mass is 9.90.